The number of nitro groups is 1. The molecule has 4 nitrogen and oxygen atoms in total. The molecule has 0 aromatic heterocycles. The zero-order valence-corrected chi connectivity index (χ0v) is 12.3. The maximum atomic E-state index is 13.9. The summed E-state index contributed by atoms with van der Waals surface area (Å²) >= 11 is 5.74. The van der Waals surface area contributed by atoms with Crippen LogP contribution in [0.15, 0.2) is 30.3 Å². The fourth-order valence-corrected chi connectivity index (χ4v) is 2.11. The van der Waals surface area contributed by atoms with Crippen LogP contribution in [0.1, 0.15) is 16.7 Å². The maximum absolute atomic E-state index is 13.9. The zero-order valence-electron chi connectivity index (χ0n) is 11.5. The molecule has 2 rings (SSSR count). The Kier molecular flexibility index (Phi) is 4.43. The van der Waals surface area contributed by atoms with Crippen molar-refractivity contribution in [3.63, 3.8) is 0 Å². The van der Waals surface area contributed by atoms with Gasteiger partial charge in [-0.05, 0) is 37.1 Å². The van der Waals surface area contributed by atoms with Crippen LogP contribution in [0.25, 0.3) is 0 Å². The van der Waals surface area contributed by atoms with E-state index in [9.17, 15) is 14.5 Å². The molecule has 21 heavy (non-hydrogen) atoms. The highest BCUT2D eigenvalue weighted by Crippen LogP contribution is 2.32. The number of hydrogen-bond acceptors (Lipinski definition) is 3. The summed E-state index contributed by atoms with van der Waals surface area (Å²) in [6.45, 7) is 3.36. The van der Waals surface area contributed by atoms with E-state index in [-0.39, 0.29) is 11.4 Å². The molecule has 0 N–H and O–H groups in total. The number of halogens is 2. The number of alkyl halides is 1. The molecular weight excluding hydrogens is 297 g/mol. The monoisotopic (exact) mass is 309 g/mol. The molecule has 0 aliphatic carbocycles. The van der Waals surface area contributed by atoms with Gasteiger partial charge >= 0.3 is 0 Å². The Labute approximate surface area is 126 Å². The van der Waals surface area contributed by atoms with Crippen LogP contribution in [-0.4, -0.2) is 4.92 Å². The van der Waals surface area contributed by atoms with Crippen molar-refractivity contribution in [1.29, 1.82) is 0 Å². The summed E-state index contributed by atoms with van der Waals surface area (Å²) < 4.78 is 19.4. The van der Waals surface area contributed by atoms with E-state index >= 15 is 0 Å². The Morgan fingerprint density at radius 2 is 1.90 bits per heavy atom. The molecule has 0 unspecified atom stereocenters. The third kappa shape index (κ3) is 3.31. The van der Waals surface area contributed by atoms with Crippen molar-refractivity contribution < 1.29 is 14.1 Å². The van der Waals surface area contributed by atoms with Gasteiger partial charge in [-0.3, -0.25) is 10.1 Å². The van der Waals surface area contributed by atoms with E-state index in [1.165, 1.54) is 13.0 Å². The first-order valence-corrected chi connectivity index (χ1v) is 6.73. The van der Waals surface area contributed by atoms with Gasteiger partial charge in [-0.1, -0.05) is 12.1 Å². The van der Waals surface area contributed by atoms with E-state index in [1.807, 2.05) is 13.0 Å². The van der Waals surface area contributed by atoms with Gasteiger partial charge in [0.05, 0.1) is 11.0 Å². The Hall–Kier alpha value is -2.14. The number of benzene rings is 2. The third-order valence-corrected chi connectivity index (χ3v) is 3.37. The molecule has 0 spiro atoms. The fourth-order valence-electron chi connectivity index (χ4n) is 1.95. The summed E-state index contributed by atoms with van der Waals surface area (Å²) in [6, 6.07) is 7.52. The highest BCUT2D eigenvalue weighted by molar-refractivity contribution is 6.17. The molecule has 0 amide bonds. The molecule has 0 aliphatic heterocycles. The summed E-state index contributed by atoms with van der Waals surface area (Å²) in [5.41, 5.74) is 1.81. The standard InChI is InChI=1S/C15H13ClFNO3/c1-9-6-15(12(17)7-13(9)18(19)20)21-14-4-3-11(8-16)5-10(14)2/h3-7H,8H2,1-2H3. The van der Waals surface area contributed by atoms with E-state index < -0.39 is 10.7 Å². The molecule has 0 radical (unpaired) electrons. The van der Waals surface area contributed by atoms with Gasteiger partial charge in [-0.15, -0.1) is 11.6 Å². The van der Waals surface area contributed by atoms with E-state index in [2.05, 4.69) is 0 Å². The molecule has 0 atom stereocenters. The van der Waals surface area contributed by atoms with Crippen LogP contribution in [0, 0.1) is 29.8 Å². The Morgan fingerprint density at radius 3 is 2.48 bits per heavy atom. The Morgan fingerprint density at radius 1 is 1.19 bits per heavy atom. The highest BCUT2D eigenvalue weighted by atomic mass is 35.5. The van der Waals surface area contributed by atoms with E-state index in [1.54, 1.807) is 12.1 Å². The number of hydrogen-bond donors (Lipinski definition) is 0. The van der Waals surface area contributed by atoms with Crippen molar-refractivity contribution in [2.24, 2.45) is 0 Å². The second kappa shape index (κ2) is 6.10. The molecule has 2 aromatic carbocycles. The molecule has 6 heteroatoms. The SMILES string of the molecule is Cc1cc(CCl)ccc1Oc1cc(C)c([N+](=O)[O-])cc1F. The van der Waals surface area contributed by atoms with Crippen molar-refractivity contribution >= 4 is 17.3 Å². The van der Waals surface area contributed by atoms with Gasteiger partial charge in [-0.2, -0.15) is 0 Å². The fraction of sp³-hybridized carbons (Fsp3) is 0.200. The van der Waals surface area contributed by atoms with Crippen molar-refractivity contribution in [2.45, 2.75) is 19.7 Å². The smallest absolute Gasteiger partial charge is 0.275 e. The molecule has 0 saturated carbocycles. The number of rotatable bonds is 4. The normalized spacial score (nSPS) is 10.5. The van der Waals surface area contributed by atoms with Crippen LogP contribution in [0.3, 0.4) is 0 Å². The van der Waals surface area contributed by atoms with Crippen LogP contribution >= 0.6 is 11.6 Å². The van der Waals surface area contributed by atoms with Gasteiger partial charge in [0.25, 0.3) is 5.69 Å². The lowest BCUT2D eigenvalue weighted by atomic mass is 10.1. The molecule has 0 fully saturated rings. The highest BCUT2D eigenvalue weighted by Gasteiger charge is 2.17. The lowest BCUT2D eigenvalue weighted by Gasteiger charge is -2.11. The first kappa shape index (κ1) is 15.3. The first-order valence-electron chi connectivity index (χ1n) is 6.20. The second-order valence-electron chi connectivity index (χ2n) is 4.66. The minimum Gasteiger partial charge on any atom is -0.454 e. The van der Waals surface area contributed by atoms with Gasteiger partial charge in [0, 0.05) is 11.4 Å². The Bertz CT molecular complexity index is 704. The van der Waals surface area contributed by atoms with Gasteiger partial charge in [0.1, 0.15) is 5.75 Å². The molecular formula is C15H13ClFNO3. The number of aryl methyl sites for hydroxylation is 2. The molecule has 110 valence electrons. The summed E-state index contributed by atoms with van der Waals surface area (Å²) in [5, 5.41) is 10.8. The van der Waals surface area contributed by atoms with Crippen LogP contribution in [-0.2, 0) is 5.88 Å². The minimum absolute atomic E-state index is 0.0418. The number of nitrogens with zero attached hydrogens (tertiary/aromatic N) is 1. The second-order valence-corrected chi connectivity index (χ2v) is 4.93. The first-order chi connectivity index (χ1) is 9.92. The van der Waals surface area contributed by atoms with E-state index in [0.29, 0.717) is 17.2 Å². The number of nitro benzene ring substituents is 1. The van der Waals surface area contributed by atoms with E-state index in [0.717, 1.165) is 17.2 Å². The van der Waals surface area contributed by atoms with Crippen molar-refractivity contribution in [3.05, 3.63) is 63.0 Å². The predicted molar refractivity (Wildman–Crippen MR) is 78.6 cm³/mol. The molecule has 0 bridgehead atoms. The van der Waals surface area contributed by atoms with Crippen molar-refractivity contribution in [1.82, 2.24) is 0 Å². The lowest BCUT2D eigenvalue weighted by Crippen LogP contribution is -1.97. The summed E-state index contributed by atoms with van der Waals surface area (Å²) in [5.74, 6) is 0.0514. The molecule has 2 aromatic rings. The average Bonchev–Trinajstić information content (AvgIpc) is 2.44. The van der Waals surface area contributed by atoms with Gasteiger partial charge in [-0.25, -0.2) is 4.39 Å². The zero-order chi connectivity index (χ0) is 15.6. The Balaban J connectivity index is 2.36. The third-order valence-electron chi connectivity index (χ3n) is 3.06. The van der Waals surface area contributed by atoms with Gasteiger partial charge in [0.2, 0.25) is 0 Å². The lowest BCUT2D eigenvalue weighted by molar-refractivity contribution is -0.385. The quantitative estimate of drug-likeness (QED) is 0.459. The van der Waals surface area contributed by atoms with Crippen LogP contribution in [0.2, 0.25) is 0 Å². The van der Waals surface area contributed by atoms with Gasteiger partial charge in [0.15, 0.2) is 11.6 Å². The predicted octanol–water partition coefficient (Wildman–Crippen LogP) is 4.88. The summed E-state index contributed by atoms with van der Waals surface area (Å²) in [7, 11) is 0. The van der Waals surface area contributed by atoms with Crippen LogP contribution < -0.4 is 4.74 Å². The van der Waals surface area contributed by atoms with E-state index in [4.69, 9.17) is 16.3 Å². The summed E-state index contributed by atoms with van der Waals surface area (Å²) in [4.78, 5) is 10.1. The van der Waals surface area contributed by atoms with Crippen LogP contribution in [0.4, 0.5) is 10.1 Å². The molecule has 0 saturated heterocycles. The van der Waals surface area contributed by atoms with Crippen molar-refractivity contribution in [2.75, 3.05) is 0 Å². The minimum atomic E-state index is -0.770. The average molecular weight is 310 g/mol. The van der Waals surface area contributed by atoms with Crippen molar-refractivity contribution in [3.8, 4) is 11.5 Å². The number of ether oxygens (including phenoxy) is 1. The molecule has 0 aliphatic rings. The maximum Gasteiger partial charge on any atom is 0.275 e. The largest absolute Gasteiger partial charge is 0.454 e. The summed E-state index contributed by atoms with van der Waals surface area (Å²) in [6.07, 6.45) is 0. The van der Waals surface area contributed by atoms with Gasteiger partial charge < -0.3 is 4.74 Å². The van der Waals surface area contributed by atoms with Crippen LogP contribution in [0.5, 0.6) is 11.5 Å². The topological polar surface area (TPSA) is 52.4 Å². The molecule has 0 heterocycles.